The van der Waals surface area contributed by atoms with E-state index in [1.807, 2.05) is 60.4 Å². The minimum absolute atomic E-state index is 0.131. The number of nitrogens with zero attached hydrogens (tertiary/aromatic N) is 1. The Hall–Kier alpha value is -2.61. The van der Waals surface area contributed by atoms with Crippen molar-refractivity contribution in [1.82, 2.24) is 4.90 Å². The van der Waals surface area contributed by atoms with Crippen molar-refractivity contribution < 1.29 is 17.4 Å². The van der Waals surface area contributed by atoms with Gasteiger partial charge in [-0.05, 0) is 55.2 Å². The fraction of sp³-hybridized carbons (Fsp3) is 0.367. The summed E-state index contributed by atoms with van der Waals surface area (Å²) in [6, 6.07) is 26.9. The average Bonchev–Trinajstić information content (AvgIpc) is 3.13. The van der Waals surface area contributed by atoms with Crippen LogP contribution < -0.4 is 0 Å². The van der Waals surface area contributed by atoms with E-state index in [1.54, 1.807) is 36.0 Å². The number of hydrogen-bond donors (Lipinski definition) is 0. The third-order valence-corrected chi connectivity index (χ3v) is 10.4. The van der Waals surface area contributed by atoms with Gasteiger partial charge in [-0.3, -0.25) is 8.98 Å². The molecule has 1 saturated heterocycles. The Bertz CT molecular complexity index is 1330. The fourth-order valence-corrected chi connectivity index (χ4v) is 8.43. The highest BCUT2D eigenvalue weighted by Crippen LogP contribution is 2.54. The summed E-state index contributed by atoms with van der Waals surface area (Å²) < 4.78 is 32.2. The van der Waals surface area contributed by atoms with Crippen molar-refractivity contribution in [3.8, 4) is 0 Å². The van der Waals surface area contributed by atoms with Crippen LogP contribution in [0.15, 0.2) is 89.8 Å². The molecule has 0 unspecified atom stereocenters. The molecule has 2 fully saturated rings. The molecule has 4 atom stereocenters. The lowest BCUT2D eigenvalue weighted by Crippen LogP contribution is -2.51. The van der Waals surface area contributed by atoms with Crippen molar-refractivity contribution >= 4 is 27.8 Å². The van der Waals surface area contributed by atoms with Crippen LogP contribution in [-0.2, 0) is 31.1 Å². The van der Waals surface area contributed by atoms with E-state index in [4.69, 9.17) is 4.18 Å². The zero-order chi connectivity index (χ0) is 26.0. The van der Waals surface area contributed by atoms with Gasteiger partial charge in [-0.1, -0.05) is 85.3 Å². The zero-order valence-electron chi connectivity index (χ0n) is 21.2. The molecule has 3 aromatic carbocycles. The van der Waals surface area contributed by atoms with E-state index in [0.29, 0.717) is 25.8 Å². The maximum absolute atomic E-state index is 14.0. The van der Waals surface area contributed by atoms with Gasteiger partial charge in [-0.15, -0.1) is 11.8 Å². The standard InChI is InChI=1S/C30H33NO4S2/c1-3-36-28-29(32)31(21-23-10-6-4-7-11-23)27-20-25(18-19-30(27,28)24-12-8-5-9-13-24)35-37(33,34)26-16-14-22(2)15-17-26/h4-17,25,27-28H,3,18-21H2,1-2H3/t25-,27+,28-,30+/m0/s1. The van der Waals surface area contributed by atoms with Crippen LogP contribution in [0.5, 0.6) is 0 Å². The maximum Gasteiger partial charge on any atom is 0.297 e. The summed E-state index contributed by atoms with van der Waals surface area (Å²) in [5, 5.41) is -0.219. The molecule has 1 aliphatic heterocycles. The van der Waals surface area contributed by atoms with Gasteiger partial charge in [0.1, 0.15) is 0 Å². The van der Waals surface area contributed by atoms with Gasteiger partial charge in [-0.25, -0.2) is 0 Å². The van der Waals surface area contributed by atoms with Gasteiger partial charge in [-0.2, -0.15) is 8.42 Å². The molecule has 1 amide bonds. The van der Waals surface area contributed by atoms with Crippen LogP contribution in [0.25, 0.3) is 0 Å². The summed E-state index contributed by atoms with van der Waals surface area (Å²) in [4.78, 5) is 16.2. The van der Waals surface area contributed by atoms with Crippen LogP contribution >= 0.6 is 11.8 Å². The molecule has 1 saturated carbocycles. The van der Waals surface area contributed by atoms with Crippen molar-refractivity contribution in [3.05, 3.63) is 102 Å². The first kappa shape index (κ1) is 26.0. The maximum atomic E-state index is 14.0. The van der Waals surface area contributed by atoms with Crippen LogP contribution in [0.4, 0.5) is 0 Å². The molecule has 37 heavy (non-hydrogen) atoms. The number of carbonyl (C=O) groups excluding carboxylic acids is 1. The van der Waals surface area contributed by atoms with E-state index in [9.17, 15) is 13.2 Å². The van der Waals surface area contributed by atoms with Crippen molar-refractivity contribution in [1.29, 1.82) is 0 Å². The Morgan fingerprint density at radius 1 is 0.973 bits per heavy atom. The summed E-state index contributed by atoms with van der Waals surface area (Å²) in [5.74, 6) is 0.963. The van der Waals surface area contributed by atoms with Gasteiger partial charge in [0, 0.05) is 18.0 Å². The number of rotatable bonds is 8. The van der Waals surface area contributed by atoms with Crippen LogP contribution in [0, 0.1) is 6.92 Å². The number of hydrogen-bond acceptors (Lipinski definition) is 5. The van der Waals surface area contributed by atoms with Gasteiger partial charge < -0.3 is 4.90 Å². The second-order valence-electron chi connectivity index (χ2n) is 9.97. The first-order valence-electron chi connectivity index (χ1n) is 12.9. The highest BCUT2D eigenvalue weighted by atomic mass is 32.2. The van der Waals surface area contributed by atoms with Crippen molar-refractivity contribution in [2.24, 2.45) is 0 Å². The highest BCUT2D eigenvalue weighted by molar-refractivity contribution is 8.00. The SMILES string of the molecule is CCS[C@H]1C(=O)N(Cc2ccccc2)[C@@H]2C[C@@H](OS(=O)(=O)c3ccc(C)cc3)CC[C@]12c1ccccc1. The van der Waals surface area contributed by atoms with Crippen molar-refractivity contribution in [2.45, 2.75) is 67.4 Å². The molecule has 3 aromatic rings. The number of amides is 1. The number of thioether (sulfide) groups is 1. The fourth-order valence-electron chi connectivity index (χ4n) is 6.00. The smallest absolute Gasteiger partial charge is 0.297 e. The molecular weight excluding hydrogens is 502 g/mol. The lowest BCUT2D eigenvalue weighted by molar-refractivity contribution is -0.129. The topological polar surface area (TPSA) is 63.7 Å². The minimum Gasteiger partial charge on any atom is -0.333 e. The predicted molar refractivity (Wildman–Crippen MR) is 148 cm³/mol. The van der Waals surface area contributed by atoms with Gasteiger partial charge in [0.15, 0.2) is 0 Å². The van der Waals surface area contributed by atoms with Gasteiger partial charge >= 0.3 is 0 Å². The monoisotopic (exact) mass is 535 g/mol. The summed E-state index contributed by atoms with van der Waals surface area (Å²) in [6.45, 7) is 4.51. The number of carbonyl (C=O) groups is 1. The Labute approximate surface area is 224 Å². The first-order chi connectivity index (χ1) is 17.8. The third kappa shape index (κ3) is 4.97. The van der Waals surface area contributed by atoms with Crippen LogP contribution in [-0.4, -0.2) is 42.4 Å². The Balaban J connectivity index is 1.51. The molecule has 194 valence electrons. The summed E-state index contributed by atoms with van der Waals surface area (Å²) in [5.41, 5.74) is 2.80. The molecule has 0 spiro atoms. The molecule has 0 bridgehead atoms. The van der Waals surface area contributed by atoms with Gasteiger partial charge in [0.2, 0.25) is 5.91 Å². The van der Waals surface area contributed by atoms with E-state index >= 15 is 0 Å². The number of fused-ring (bicyclic) bond motifs is 1. The minimum atomic E-state index is -3.91. The molecule has 2 aliphatic rings. The molecule has 1 heterocycles. The molecule has 0 aromatic heterocycles. The Morgan fingerprint density at radius 2 is 1.62 bits per heavy atom. The molecule has 1 aliphatic carbocycles. The Kier molecular flexibility index (Phi) is 7.48. The van der Waals surface area contributed by atoms with Gasteiger partial charge in [0.05, 0.1) is 16.2 Å². The number of likely N-dealkylation sites (tertiary alicyclic amines) is 1. The molecule has 0 radical (unpaired) electrons. The Morgan fingerprint density at radius 3 is 2.27 bits per heavy atom. The zero-order valence-corrected chi connectivity index (χ0v) is 22.9. The quantitative estimate of drug-likeness (QED) is 0.345. The summed E-state index contributed by atoms with van der Waals surface area (Å²) >= 11 is 1.70. The number of benzene rings is 3. The van der Waals surface area contributed by atoms with Crippen LogP contribution in [0.3, 0.4) is 0 Å². The largest absolute Gasteiger partial charge is 0.333 e. The average molecular weight is 536 g/mol. The van der Waals surface area contributed by atoms with E-state index in [0.717, 1.165) is 22.4 Å². The molecule has 5 rings (SSSR count). The van der Waals surface area contributed by atoms with E-state index in [2.05, 4.69) is 19.1 Å². The van der Waals surface area contributed by atoms with Crippen molar-refractivity contribution in [3.63, 3.8) is 0 Å². The highest BCUT2D eigenvalue weighted by Gasteiger charge is 2.61. The molecule has 0 N–H and O–H groups in total. The summed E-state index contributed by atoms with van der Waals surface area (Å²) in [6.07, 6.45) is 1.23. The lowest BCUT2D eigenvalue weighted by Gasteiger charge is -2.46. The third-order valence-electron chi connectivity index (χ3n) is 7.72. The van der Waals surface area contributed by atoms with Crippen LogP contribution in [0.2, 0.25) is 0 Å². The molecule has 5 nitrogen and oxygen atoms in total. The van der Waals surface area contributed by atoms with E-state index in [-0.39, 0.29) is 22.1 Å². The van der Waals surface area contributed by atoms with Gasteiger partial charge in [0.25, 0.3) is 10.1 Å². The summed E-state index contributed by atoms with van der Waals surface area (Å²) in [7, 11) is -3.91. The van der Waals surface area contributed by atoms with E-state index in [1.165, 1.54) is 0 Å². The predicted octanol–water partition coefficient (Wildman–Crippen LogP) is 5.72. The second-order valence-corrected chi connectivity index (χ2v) is 12.9. The van der Waals surface area contributed by atoms with Crippen LogP contribution in [0.1, 0.15) is 42.9 Å². The van der Waals surface area contributed by atoms with E-state index < -0.39 is 21.6 Å². The molecular formula is C30H33NO4S2. The normalized spacial score (nSPS) is 25.7. The second kappa shape index (κ2) is 10.6. The lowest BCUT2D eigenvalue weighted by atomic mass is 9.65. The first-order valence-corrected chi connectivity index (χ1v) is 15.3. The molecule has 7 heteroatoms. The van der Waals surface area contributed by atoms with Crippen molar-refractivity contribution in [2.75, 3.05) is 5.75 Å². The number of aryl methyl sites for hydroxylation is 1.